The Morgan fingerprint density at radius 2 is 2.02 bits per heavy atom. The molecule has 0 radical (unpaired) electrons. The number of nitrogens with zero attached hydrogens (tertiary/aromatic N) is 5. The molecule has 1 aliphatic carbocycles. The van der Waals surface area contributed by atoms with Gasteiger partial charge < -0.3 is 20.3 Å². The third-order valence-electron chi connectivity index (χ3n) is 7.82. The molecule has 11 heteroatoms. The molecule has 0 bridgehead atoms. The van der Waals surface area contributed by atoms with Crippen molar-refractivity contribution in [1.29, 1.82) is 0 Å². The Bertz CT molecular complexity index is 1680. The van der Waals surface area contributed by atoms with E-state index in [2.05, 4.69) is 32.4 Å². The molecule has 1 saturated heterocycles. The number of benzene rings is 1. The van der Waals surface area contributed by atoms with E-state index in [1.54, 1.807) is 35.5 Å². The number of fused-ring (bicyclic) bond motifs is 1. The molecule has 2 fully saturated rings. The SMILES string of the molecule is COCCc1ncsc1Cn1c(=O)c(C#CC2CCCC2)cc2cnc(Nc3ccc(N4CCNCC4)c(F)c3)nc21. The first-order valence-electron chi connectivity index (χ1n) is 14.4. The summed E-state index contributed by atoms with van der Waals surface area (Å²) in [4.78, 5) is 30.6. The van der Waals surface area contributed by atoms with E-state index >= 15 is 4.39 Å². The van der Waals surface area contributed by atoms with Crippen molar-refractivity contribution in [2.45, 2.75) is 38.6 Å². The Labute approximate surface area is 248 Å². The highest BCUT2D eigenvalue weighted by atomic mass is 32.1. The van der Waals surface area contributed by atoms with E-state index in [0.717, 1.165) is 49.6 Å². The van der Waals surface area contributed by atoms with Crippen LogP contribution < -0.4 is 21.1 Å². The van der Waals surface area contributed by atoms with Crippen molar-refractivity contribution in [2.75, 3.05) is 50.1 Å². The monoisotopic (exact) mass is 587 g/mol. The fraction of sp³-hybridized carbons (Fsp3) is 0.419. The van der Waals surface area contributed by atoms with Crippen LogP contribution in [0.3, 0.4) is 0 Å². The van der Waals surface area contributed by atoms with Gasteiger partial charge in [-0.2, -0.15) is 4.98 Å². The molecule has 1 aliphatic heterocycles. The molecule has 42 heavy (non-hydrogen) atoms. The first-order chi connectivity index (χ1) is 20.6. The number of aromatic nitrogens is 4. The molecule has 2 N–H and O–H groups in total. The van der Waals surface area contributed by atoms with E-state index in [1.165, 1.54) is 30.2 Å². The number of rotatable bonds is 8. The lowest BCUT2D eigenvalue weighted by molar-refractivity contribution is 0.201. The standard InChI is InChI=1S/C31H34FN7O2S/c1-41-15-10-26-28(42-20-35-26)19-39-29-23(16-22(30(39)40)7-6-21-4-2-3-5-21)18-34-31(37-29)36-24-8-9-27(25(32)17-24)38-13-11-33-12-14-38/h8-9,16-18,20-21,33H,2-5,10-15,19H2,1H3,(H,34,36,37). The minimum Gasteiger partial charge on any atom is -0.384 e. The molecular weight excluding hydrogens is 553 g/mol. The summed E-state index contributed by atoms with van der Waals surface area (Å²) in [5, 5.41) is 7.12. The maximum absolute atomic E-state index is 15.1. The van der Waals surface area contributed by atoms with Crippen molar-refractivity contribution >= 4 is 39.7 Å². The lowest BCUT2D eigenvalue weighted by Crippen LogP contribution is -2.43. The van der Waals surface area contributed by atoms with E-state index in [0.29, 0.717) is 53.5 Å². The van der Waals surface area contributed by atoms with Crippen LogP contribution >= 0.6 is 11.3 Å². The van der Waals surface area contributed by atoms with Crippen molar-refractivity contribution in [2.24, 2.45) is 5.92 Å². The van der Waals surface area contributed by atoms with Gasteiger partial charge in [0.25, 0.3) is 5.56 Å². The van der Waals surface area contributed by atoms with Crippen LogP contribution in [0.4, 0.5) is 21.7 Å². The molecule has 0 unspecified atom stereocenters. The Hall–Kier alpha value is -3.85. The molecule has 0 spiro atoms. The minimum absolute atomic E-state index is 0.199. The second kappa shape index (κ2) is 13.0. The molecule has 2 aliphatic rings. The van der Waals surface area contributed by atoms with Gasteiger partial charge in [0.1, 0.15) is 11.5 Å². The number of methoxy groups -OCH3 is 1. The Balaban J connectivity index is 1.35. The number of ether oxygens (including phenoxy) is 1. The largest absolute Gasteiger partial charge is 0.384 e. The van der Waals surface area contributed by atoms with Gasteiger partial charge >= 0.3 is 0 Å². The first-order valence-corrected chi connectivity index (χ1v) is 15.3. The first kappa shape index (κ1) is 28.3. The molecule has 1 aromatic carbocycles. The number of hydrogen-bond acceptors (Lipinski definition) is 9. The Morgan fingerprint density at radius 3 is 2.81 bits per heavy atom. The molecule has 4 heterocycles. The maximum atomic E-state index is 15.1. The highest BCUT2D eigenvalue weighted by Crippen LogP contribution is 2.26. The number of piperazine rings is 1. The molecule has 3 aromatic heterocycles. The van der Waals surface area contributed by atoms with Crippen LogP contribution in [0.5, 0.6) is 0 Å². The lowest BCUT2D eigenvalue weighted by Gasteiger charge is -2.29. The second-order valence-corrected chi connectivity index (χ2v) is 11.6. The van der Waals surface area contributed by atoms with E-state index < -0.39 is 0 Å². The summed E-state index contributed by atoms with van der Waals surface area (Å²) in [6.07, 6.45) is 6.86. The highest BCUT2D eigenvalue weighted by Gasteiger charge is 2.18. The van der Waals surface area contributed by atoms with Gasteiger partial charge in [0, 0.05) is 67.8 Å². The number of anilines is 3. The average molecular weight is 588 g/mol. The van der Waals surface area contributed by atoms with Crippen molar-refractivity contribution in [3.05, 3.63) is 68.3 Å². The topological polar surface area (TPSA) is 97.2 Å². The average Bonchev–Trinajstić information content (AvgIpc) is 3.69. The van der Waals surface area contributed by atoms with Crippen LogP contribution in [0.25, 0.3) is 11.0 Å². The van der Waals surface area contributed by atoms with Crippen LogP contribution in [0, 0.1) is 23.6 Å². The second-order valence-electron chi connectivity index (χ2n) is 10.7. The van der Waals surface area contributed by atoms with E-state index in [-0.39, 0.29) is 17.3 Å². The van der Waals surface area contributed by atoms with Crippen LogP contribution in [-0.4, -0.2) is 59.4 Å². The van der Waals surface area contributed by atoms with Gasteiger partial charge in [0.05, 0.1) is 35.6 Å². The zero-order valence-electron chi connectivity index (χ0n) is 23.7. The van der Waals surface area contributed by atoms with Crippen LogP contribution in [0.15, 0.2) is 40.8 Å². The molecule has 4 aromatic rings. The predicted molar refractivity (Wildman–Crippen MR) is 164 cm³/mol. The third kappa shape index (κ3) is 6.31. The summed E-state index contributed by atoms with van der Waals surface area (Å²) >= 11 is 1.50. The van der Waals surface area contributed by atoms with E-state index in [9.17, 15) is 4.79 Å². The highest BCUT2D eigenvalue weighted by molar-refractivity contribution is 7.09. The minimum atomic E-state index is -0.307. The molecule has 218 valence electrons. The van der Waals surface area contributed by atoms with Gasteiger partial charge in [-0.05, 0) is 37.1 Å². The van der Waals surface area contributed by atoms with Crippen molar-refractivity contribution in [1.82, 2.24) is 24.8 Å². The Morgan fingerprint density at radius 1 is 1.19 bits per heavy atom. The van der Waals surface area contributed by atoms with Gasteiger partial charge in [0.15, 0.2) is 0 Å². The maximum Gasteiger partial charge on any atom is 0.268 e. The number of thiazole rings is 1. The van der Waals surface area contributed by atoms with Crippen LogP contribution in [0.2, 0.25) is 0 Å². The molecular formula is C31H34FN7O2S. The number of hydrogen-bond donors (Lipinski definition) is 2. The summed E-state index contributed by atoms with van der Waals surface area (Å²) < 4.78 is 22.0. The number of nitrogens with one attached hydrogen (secondary N) is 2. The fourth-order valence-electron chi connectivity index (χ4n) is 5.55. The van der Waals surface area contributed by atoms with Gasteiger partial charge in [-0.15, -0.1) is 11.3 Å². The van der Waals surface area contributed by atoms with Crippen LogP contribution in [-0.2, 0) is 17.7 Å². The van der Waals surface area contributed by atoms with Crippen molar-refractivity contribution in [3.63, 3.8) is 0 Å². The summed E-state index contributed by atoms with van der Waals surface area (Å²) in [6.45, 7) is 4.02. The quantitative estimate of drug-likeness (QED) is 0.295. The zero-order valence-corrected chi connectivity index (χ0v) is 24.5. The normalized spacial score (nSPS) is 15.6. The van der Waals surface area contributed by atoms with Crippen LogP contribution in [0.1, 0.15) is 41.8 Å². The third-order valence-corrected chi connectivity index (χ3v) is 8.68. The lowest BCUT2D eigenvalue weighted by atomic mass is 10.1. The molecule has 6 rings (SSSR count). The number of halogens is 1. The summed E-state index contributed by atoms with van der Waals surface area (Å²) in [6, 6.07) is 6.84. The van der Waals surface area contributed by atoms with Gasteiger partial charge in [-0.25, -0.2) is 14.4 Å². The number of pyridine rings is 1. The van der Waals surface area contributed by atoms with Gasteiger partial charge in [-0.3, -0.25) is 9.36 Å². The molecule has 0 amide bonds. The zero-order chi connectivity index (χ0) is 28.9. The predicted octanol–water partition coefficient (Wildman–Crippen LogP) is 4.32. The fourth-order valence-corrected chi connectivity index (χ4v) is 6.35. The summed E-state index contributed by atoms with van der Waals surface area (Å²) in [5.41, 5.74) is 4.52. The Kier molecular flexibility index (Phi) is 8.74. The molecule has 0 atom stereocenters. The van der Waals surface area contributed by atoms with Crippen molar-refractivity contribution < 1.29 is 9.13 Å². The molecule has 9 nitrogen and oxygen atoms in total. The van der Waals surface area contributed by atoms with Crippen molar-refractivity contribution in [3.8, 4) is 11.8 Å². The molecule has 1 saturated carbocycles. The summed E-state index contributed by atoms with van der Waals surface area (Å²) in [7, 11) is 1.66. The van der Waals surface area contributed by atoms with Gasteiger partial charge in [0.2, 0.25) is 5.95 Å². The summed E-state index contributed by atoms with van der Waals surface area (Å²) in [5.74, 6) is 6.79. The van der Waals surface area contributed by atoms with Gasteiger partial charge in [-0.1, -0.05) is 24.7 Å². The van der Waals surface area contributed by atoms with E-state index in [1.807, 2.05) is 11.0 Å². The van der Waals surface area contributed by atoms with E-state index in [4.69, 9.17) is 9.72 Å². The smallest absolute Gasteiger partial charge is 0.268 e.